The summed E-state index contributed by atoms with van der Waals surface area (Å²) in [7, 11) is 0. The van der Waals surface area contributed by atoms with E-state index in [1.807, 2.05) is 24.3 Å². The number of benzene rings is 1. The molecule has 22 heavy (non-hydrogen) atoms. The average Bonchev–Trinajstić information content (AvgIpc) is 3.23. The Hall–Kier alpha value is -0.250. The maximum Gasteiger partial charge on any atom is 0.228 e. The van der Waals surface area contributed by atoms with E-state index in [9.17, 15) is 4.79 Å². The van der Waals surface area contributed by atoms with Crippen LogP contribution in [0.4, 0.5) is 5.69 Å². The summed E-state index contributed by atoms with van der Waals surface area (Å²) in [6.07, 6.45) is 4.31. The number of carbonyl (C=O) groups is 1. The third-order valence-electron chi connectivity index (χ3n) is 5.71. The first-order valence-corrected chi connectivity index (χ1v) is 9.47. The standard InChI is InChI=1S/C17H18BrCl2NO/c18-9-2-1-3-10(8-9)21-16(22)15-11-4-6-13-14(17(13,19)20)7-5-12(11)15/h1-3,8,11-15H,4-7H2,(H,21,22)/t11-,12+,13+,14-,15?. The molecule has 2 nitrogen and oxygen atoms in total. The largest absolute Gasteiger partial charge is 0.326 e. The van der Waals surface area contributed by atoms with Crippen molar-refractivity contribution in [3.8, 4) is 0 Å². The van der Waals surface area contributed by atoms with Crippen LogP contribution in [0.2, 0.25) is 0 Å². The fourth-order valence-corrected chi connectivity index (χ4v) is 5.72. The quantitative estimate of drug-likeness (QED) is 0.673. The second kappa shape index (κ2) is 5.39. The molecule has 5 heteroatoms. The van der Waals surface area contributed by atoms with Gasteiger partial charge in [0.25, 0.3) is 0 Å². The zero-order valence-corrected chi connectivity index (χ0v) is 15.2. The van der Waals surface area contributed by atoms with Crippen LogP contribution in [0.3, 0.4) is 0 Å². The van der Waals surface area contributed by atoms with Crippen LogP contribution in [0.1, 0.15) is 25.7 Å². The highest BCUT2D eigenvalue weighted by molar-refractivity contribution is 9.10. The Balaban J connectivity index is 1.38. The van der Waals surface area contributed by atoms with Gasteiger partial charge in [0.15, 0.2) is 0 Å². The highest BCUT2D eigenvalue weighted by Crippen LogP contribution is 2.67. The monoisotopic (exact) mass is 401 g/mol. The number of fused-ring (bicyclic) bond motifs is 2. The van der Waals surface area contributed by atoms with Crippen molar-refractivity contribution in [2.24, 2.45) is 29.6 Å². The van der Waals surface area contributed by atoms with Crippen LogP contribution in [0.5, 0.6) is 0 Å². The molecule has 1 aromatic rings. The molecule has 3 aliphatic carbocycles. The van der Waals surface area contributed by atoms with E-state index in [0.717, 1.165) is 35.8 Å². The van der Waals surface area contributed by atoms with Gasteiger partial charge in [-0.15, -0.1) is 23.2 Å². The molecule has 3 saturated carbocycles. The zero-order chi connectivity index (χ0) is 15.5. The van der Waals surface area contributed by atoms with Gasteiger partial charge in [0.1, 0.15) is 4.33 Å². The minimum atomic E-state index is -0.481. The van der Waals surface area contributed by atoms with E-state index in [4.69, 9.17) is 23.2 Å². The Bertz CT molecular complexity index is 598. The van der Waals surface area contributed by atoms with Gasteiger partial charge >= 0.3 is 0 Å². The number of carbonyl (C=O) groups excluding carboxylic acids is 1. The van der Waals surface area contributed by atoms with Crippen LogP contribution in [0.25, 0.3) is 0 Å². The van der Waals surface area contributed by atoms with Gasteiger partial charge in [-0.05, 0) is 67.6 Å². The van der Waals surface area contributed by atoms with E-state index in [1.165, 1.54) is 0 Å². The third kappa shape index (κ3) is 2.59. The molecule has 0 aliphatic heterocycles. The summed E-state index contributed by atoms with van der Waals surface area (Å²) in [6.45, 7) is 0. The summed E-state index contributed by atoms with van der Waals surface area (Å²) >= 11 is 16.1. The lowest BCUT2D eigenvalue weighted by Gasteiger charge is -2.05. The molecule has 1 N–H and O–H groups in total. The molecule has 5 atom stereocenters. The topological polar surface area (TPSA) is 29.1 Å². The Kier molecular flexibility index (Phi) is 3.75. The predicted octanol–water partition coefficient (Wildman–Crippen LogP) is 5.24. The molecule has 0 saturated heterocycles. The van der Waals surface area contributed by atoms with Crippen LogP contribution >= 0.6 is 39.1 Å². The Labute approximate surface area is 149 Å². The lowest BCUT2D eigenvalue weighted by molar-refractivity contribution is -0.117. The average molecular weight is 403 g/mol. The molecule has 4 rings (SSSR count). The molecule has 1 unspecified atom stereocenters. The molecule has 0 heterocycles. The Morgan fingerprint density at radius 3 is 2.36 bits per heavy atom. The minimum Gasteiger partial charge on any atom is -0.326 e. The van der Waals surface area contributed by atoms with Crippen molar-refractivity contribution in [3.63, 3.8) is 0 Å². The van der Waals surface area contributed by atoms with Crippen molar-refractivity contribution in [3.05, 3.63) is 28.7 Å². The molecule has 1 aromatic carbocycles. The van der Waals surface area contributed by atoms with Gasteiger partial charge in [-0.2, -0.15) is 0 Å². The maximum absolute atomic E-state index is 12.5. The fraction of sp³-hybridized carbons (Fsp3) is 0.588. The summed E-state index contributed by atoms with van der Waals surface area (Å²) in [5, 5.41) is 3.06. The van der Waals surface area contributed by atoms with Crippen LogP contribution in [0, 0.1) is 29.6 Å². The summed E-state index contributed by atoms with van der Waals surface area (Å²) in [5.74, 6) is 2.30. The molecule has 0 bridgehead atoms. The SMILES string of the molecule is O=C(Nc1cccc(Br)c1)C1[C@H]2CC[C@@H]3[C@H](CC[C@@H]12)C3(Cl)Cl. The van der Waals surface area contributed by atoms with E-state index in [-0.39, 0.29) is 11.8 Å². The summed E-state index contributed by atoms with van der Waals surface area (Å²) in [6, 6.07) is 7.76. The molecule has 3 fully saturated rings. The summed E-state index contributed by atoms with van der Waals surface area (Å²) < 4.78 is 0.498. The van der Waals surface area contributed by atoms with Crippen LogP contribution in [-0.2, 0) is 4.79 Å². The first-order valence-electron chi connectivity index (χ1n) is 7.92. The third-order valence-corrected chi connectivity index (χ3v) is 7.33. The molecule has 118 valence electrons. The second-order valence-electron chi connectivity index (χ2n) is 6.90. The number of anilines is 1. The van der Waals surface area contributed by atoms with Gasteiger partial charge in [-0.25, -0.2) is 0 Å². The summed E-state index contributed by atoms with van der Waals surface area (Å²) in [5.41, 5.74) is 0.863. The zero-order valence-electron chi connectivity index (χ0n) is 12.1. The van der Waals surface area contributed by atoms with Crippen molar-refractivity contribution in [1.29, 1.82) is 0 Å². The molecule has 0 spiro atoms. The molecule has 0 aromatic heterocycles. The second-order valence-corrected chi connectivity index (χ2v) is 9.26. The van der Waals surface area contributed by atoms with E-state index in [1.54, 1.807) is 0 Å². The van der Waals surface area contributed by atoms with Crippen molar-refractivity contribution in [2.75, 3.05) is 5.32 Å². The highest BCUT2D eigenvalue weighted by Gasteiger charge is 2.65. The number of nitrogens with one attached hydrogen (secondary N) is 1. The molecular weight excluding hydrogens is 385 g/mol. The minimum absolute atomic E-state index is 0.173. The van der Waals surface area contributed by atoms with E-state index in [0.29, 0.717) is 23.7 Å². The highest BCUT2D eigenvalue weighted by atomic mass is 79.9. The number of amides is 1. The van der Waals surface area contributed by atoms with E-state index in [2.05, 4.69) is 21.2 Å². The first-order chi connectivity index (χ1) is 10.5. The molecular formula is C17H18BrCl2NO. The van der Waals surface area contributed by atoms with Gasteiger partial charge in [0.05, 0.1) is 0 Å². The van der Waals surface area contributed by atoms with E-state index < -0.39 is 4.33 Å². The molecule has 0 radical (unpaired) electrons. The van der Waals surface area contributed by atoms with Crippen molar-refractivity contribution < 1.29 is 4.79 Å². The van der Waals surface area contributed by atoms with Gasteiger partial charge in [-0.3, -0.25) is 4.79 Å². The van der Waals surface area contributed by atoms with Crippen molar-refractivity contribution in [2.45, 2.75) is 30.0 Å². The smallest absolute Gasteiger partial charge is 0.228 e. The van der Waals surface area contributed by atoms with Crippen LogP contribution in [0.15, 0.2) is 28.7 Å². The fourth-order valence-electron chi connectivity index (χ4n) is 4.40. The number of hydrogen-bond acceptors (Lipinski definition) is 1. The lowest BCUT2D eigenvalue weighted by atomic mass is 10.0. The van der Waals surface area contributed by atoms with Gasteiger partial charge in [-0.1, -0.05) is 22.0 Å². The number of halogens is 3. The normalized spacial score (nSPS) is 38.0. The van der Waals surface area contributed by atoms with E-state index >= 15 is 0 Å². The van der Waals surface area contributed by atoms with Crippen molar-refractivity contribution in [1.82, 2.24) is 0 Å². The van der Waals surface area contributed by atoms with Gasteiger partial charge in [0, 0.05) is 16.1 Å². The van der Waals surface area contributed by atoms with Gasteiger partial charge < -0.3 is 5.32 Å². The number of alkyl halides is 2. The summed E-state index contributed by atoms with van der Waals surface area (Å²) in [4.78, 5) is 12.5. The molecule has 3 aliphatic rings. The van der Waals surface area contributed by atoms with Crippen LogP contribution in [-0.4, -0.2) is 10.2 Å². The first kappa shape index (κ1) is 15.3. The predicted molar refractivity (Wildman–Crippen MR) is 93.1 cm³/mol. The van der Waals surface area contributed by atoms with Crippen molar-refractivity contribution >= 4 is 50.7 Å². The Morgan fingerprint density at radius 2 is 1.77 bits per heavy atom. The number of rotatable bonds is 2. The molecule has 1 amide bonds. The van der Waals surface area contributed by atoms with Crippen LogP contribution < -0.4 is 5.32 Å². The van der Waals surface area contributed by atoms with Gasteiger partial charge in [0.2, 0.25) is 5.91 Å². The Morgan fingerprint density at radius 1 is 1.14 bits per heavy atom. The number of hydrogen-bond donors (Lipinski definition) is 1. The lowest BCUT2D eigenvalue weighted by Crippen LogP contribution is -2.15. The maximum atomic E-state index is 12.5.